The Morgan fingerprint density at radius 3 is 2.71 bits per heavy atom. The summed E-state index contributed by atoms with van der Waals surface area (Å²) in [6.07, 6.45) is 2.47. The lowest BCUT2D eigenvalue weighted by Gasteiger charge is -2.21. The molecule has 0 spiro atoms. The minimum Gasteiger partial charge on any atom is -0.383 e. The molecule has 3 heteroatoms. The summed E-state index contributed by atoms with van der Waals surface area (Å²) in [5.41, 5.74) is 1.49. The first-order valence-electron chi connectivity index (χ1n) is 6.01. The summed E-state index contributed by atoms with van der Waals surface area (Å²) >= 11 is 0. The third-order valence-electron chi connectivity index (χ3n) is 3.85. The van der Waals surface area contributed by atoms with Crippen LogP contribution in [0.1, 0.15) is 32.3 Å². The molecule has 0 heterocycles. The molecule has 1 saturated carbocycles. The molecule has 0 bridgehead atoms. The van der Waals surface area contributed by atoms with E-state index in [9.17, 15) is 4.39 Å². The number of anilines is 1. The van der Waals surface area contributed by atoms with Crippen LogP contribution in [0.3, 0.4) is 0 Å². The Morgan fingerprint density at radius 2 is 2.18 bits per heavy atom. The monoisotopic (exact) mass is 232 g/mol. The van der Waals surface area contributed by atoms with E-state index >= 15 is 0 Å². The summed E-state index contributed by atoms with van der Waals surface area (Å²) in [5, 5.41) is 12.2. The Bertz CT molecular complexity index is 456. The summed E-state index contributed by atoms with van der Waals surface area (Å²) < 4.78 is 13.0. The van der Waals surface area contributed by atoms with E-state index in [-0.39, 0.29) is 5.82 Å². The lowest BCUT2D eigenvalue weighted by Crippen LogP contribution is -2.21. The number of halogens is 1. The Balaban J connectivity index is 2.07. The molecule has 1 aromatic rings. The van der Waals surface area contributed by atoms with Crippen LogP contribution in [0.15, 0.2) is 18.2 Å². The third kappa shape index (κ3) is 2.41. The van der Waals surface area contributed by atoms with Gasteiger partial charge in [0, 0.05) is 6.54 Å². The van der Waals surface area contributed by atoms with E-state index in [1.807, 2.05) is 6.07 Å². The molecule has 1 aliphatic rings. The zero-order valence-electron chi connectivity index (χ0n) is 10.3. The summed E-state index contributed by atoms with van der Waals surface area (Å²) in [7, 11) is 0. The zero-order chi connectivity index (χ0) is 12.5. The Kier molecular flexibility index (Phi) is 3.06. The Morgan fingerprint density at radius 1 is 1.47 bits per heavy atom. The van der Waals surface area contributed by atoms with Gasteiger partial charge < -0.3 is 5.32 Å². The van der Waals surface area contributed by atoms with Crippen LogP contribution in [0.25, 0.3) is 0 Å². The van der Waals surface area contributed by atoms with Crippen LogP contribution >= 0.6 is 0 Å². The number of rotatable bonds is 4. The van der Waals surface area contributed by atoms with Crippen LogP contribution < -0.4 is 5.32 Å². The molecule has 0 aromatic heterocycles. The molecule has 0 unspecified atom stereocenters. The average molecular weight is 232 g/mol. The largest absolute Gasteiger partial charge is 0.383 e. The van der Waals surface area contributed by atoms with E-state index in [2.05, 4.69) is 19.2 Å². The molecule has 2 rings (SSSR count). The summed E-state index contributed by atoms with van der Waals surface area (Å²) in [4.78, 5) is 0. The average Bonchev–Trinajstić information content (AvgIpc) is 3.08. The maximum atomic E-state index is 13.0. The van der Waals surface area contributed by atoms with Gasteiger partial charge in [0.25, 0.3) is 0 Å². The molecule has 1 aliphatic carbocycles. The van der Waals surface area contributed by atoms with E-state index in [0.29, 0.717) is 16.9 Å². The molecule has 1 aromatic carbocycles. The molecular weight excluding hydrogens is 215 g/mol. The Hall–Kier alpha value is -1.56. The second-order valence-corrected chi connectivity index (χ2v) is 5.17. The van der Waals surface area contributed by atoms with Gasteiger partial charge in [0.2, 0.25) is 0 Å². The second kappa shape index (κ2) is 4.37. The van der Waals surface area contributed by atoms with Crippen molar-refractivity contribution in [2.45, 2.75) is 26.7 Å². The third-order valence-corrected chi connectivity index (χ3v) is 3.85. The minimum atomic E-state index is -0.364. The van der Waals surface area contributed by atoms with Gasteiger partial charge in [0.1, 0.15) is 11.9 Å². The van der Waals surface area contributed by atoms with E-state index in [1.54, 1.807) is 6.07 Å². The van der Waals surface area contributed by atoms with Gasteiger partial charge in [-0.25, -0.2) is 4.39 Å². The van der Waals surface area contributed by atoms with Crippen molar-refractivity contribution < 1.29 is 4.39 Å². The van der Waals surface area contributed by atoms with Gasteiger partial charge in [-0.05, 0) is 42.4 Å². The van der Waals surface area contributed by atoms with Crippen LogP contribution in [0.2, 0.25) is 0 Å². The molecule has 1 N–H and O–H groups in total. The van der Waals surface area contributed by atoms with Crippen LogP contribution in [0.4, 0.5) is 10.1 Å². The van der Waals surface area contributed by atoms with Gasteiger partial charge in [-0.3, -0.25) is 0 Å². The predicted molar refractivity (Wildman–Crippen MR) is 66.1 cm³/mol. The lowest BCUT2D eigenvalue weighted by atomic mass is 9.92. The normalized spacial score (nSPS) is 16.6. The highest BCUT2D eigenvalue weighted by Gasteiger charge is 2.44. The van der Waals surface area contributed by atoms with Crippen LogP contribution in [-0.4, -0.2) is 6.54 Å². The number of nitrogens with one attached hydrogen (secondary N) is 1. The van der Waals surface area contributed by atoms with Crippen molar-refractivity contribution >= 4 is 5.69 Å². The molecule has 17 heavy (non-hydrogen) atoms. The SMILES string of the molecule is CC(C)C1(CNc2ccc(F)cc2C#N)CC1. The van der Waals surface area contributed by atoms with Gasteiger partial charge >= 0.3 is 0 Å². The van der Waals surface area contributed by atoms with Crippen LogP contribution in [0, 0.1) is 28.5 Å². The number of benzene rings is 1. The molecule has 0 radical (unpaired) electrons. The number of nitriles is 1. The summed E-state index contributed by atoms with van der Waals surface area (Å²) in [6, 6.07) is 6.33. The molecule has 1 fully saturated rings. The fraction of sp³-hybridized carbons (Fsp3) is 0.500. The maximum absolute atomic E-state index is 13.0. The predicted octanol–water partition coefficient (Wildman–Crippen LogP) is 3.55. The molecule has 0 amide bonds. The number of hydrogen-bond acceptors (Lipinski definition) is 2. The maximum Gasteiger partial charge on any atom is 0.124 e. The van der Waals surface area contributed by atoms with Gasteiger partial charge in [-0.2, -0.15) is 5.26 Å². The first-order valence-corrected chi connectivity index (χ1v) is 6.01. The molecular formula is C14H17FN2. The van der Waals surface area contributed by atoms with Crippen molar-refractivity contribution in [3.05, 3.63) is 29.6 Å². The smallest absolute Gasteiger partial charge is 0.124 e. The van der Waals surface area contributed by atoms with E-state index < -0.39 is 0 Å². The fourth-order valence-corrected chi connectivity index (χ4v) is 2.15. The topological polar surface area (TPSA) is 35.8 Å². The van der Waals surface area contributed by atoms with Crippen molar-refractivity contribution in [1.82, 2.24) is 0 Å². The first-order chi connectivity index (χ1) is 8.07. The zero-order valence-corrected chi connectivity index (χ0v) is 10.3. The van der Waals surface area contributed by atoms with Gasteiger partial charge in [-0.15, -0.1) is 0 Å². The molecule has 0 aliphatic heterocycles. The summed E-state index contributed by atoms with van der Waals surface area (Å²) in [6.45, 7) is 5.32. The highest BCUT2D eigenvalue weighted by molar-refractivity contribution is 5.57. The number of hydrogen-bond donors (Lipinski definition) is 1. The Labute approximate surface area is 101 Å². The van der Waals surface area contributed by atoms with E-state index in [1.165, 1.54) is 25.0 Å². The van der Waals surface area contributed by atoms with Crippen molar-refractivity contribution in [2.75, 3.05) is 11.9 Å². The fourth-order valence-electron chi connectivity index (χ4n) is 2.15. The summed E-state index contributed by atoms with van der Waals surface area (Å²) in [5.74, 6) is 0.276. The highest BCUT2D eigenvalue weighted by Crippen LogP contribution is 2.51. The molecule has 0 saturated heterocycles. The highest BCUT2D eigenvalue weighted by atomic mass is 19.1. The molecule has 90 valence electrons. The van der Waals surface area contributed by atoms with Crippen molar-refractivity contribution in [1.29, 1.82) is 5.26 Å². The molecule has 0 atom stereocenters. The number of nitrogens with zero attached hydrogens (tertiary/aromatic N) is 1. The van der Waals surface area contributed by atoms with Gasteiger partial charge in [0.05, 0.1) is 11.3 Å². The first kappa shape index (κ1) is 11.9. The van der Waals surface area contributed by atoms with Crippen LogP contribution in [-0.2, 0) is 0 Å². The van der Waals surface area contributed by atoms with Crippen molar-refractivity contribution in [3.63, 3.8) is 0 Å². The van der Waals surface area contributed by atoms with Crippen LogP contribution in [0.5, 0.6) is 0 Å². The van der Waals surface area contributed by atoms with Crippen molar-refractivity contribution in [2.24, 2.45) is 11.3 Å². The minimum absolute atomic E-state index is 0.364. The second-order valence-electron chi connectivity index (χ2n) is 5.17. The quantitative estimate of drug-likeness (QED) is 0.861. The van der Waals surface area contributed by atoms with Gasteiger partial charge in [-0.1, -0.05) is 13.8 Å². The van der Waals surface area contributed by atoms with Gasteiger partial charge in [0.15, 0.2) is 0 Å². The standard InChI is InChI=1S/C14H17FN2/c1-10(2)14(5-6-14)9-17-13-4-3-12(15)7-11(13)8-16/h3-4,7,10,17H,5-6,9H2,1-2H3. The lowest BCUT2D eigenvalue weighted by molar-refractivity contribution is 0.380. The van der Waals surface area contributed by atoms with E-state index in [0.717, 1.165) is 12.2 Å². The molecule has 2 nitrogen and oxygen atoms in total. The van der Waals surface area contributed by atoms with Crippen molar-refractivity contribution in [3.8, 4) is 6.07 Å². The van der Waals surface area contributed by atoms with E-state index in [4.69, 9.17) is 5.26 Å².